The summed E-state index contributed by atoms with van der Waals surface area (Å²) in [7, 11) is 0. The molecule has 11 nitrogen and oxygen atoms in total. The first-order chi connectivity index (χ1) is 21.7. The third-order valence-electron chi connectivity index (χ3n) is 7.43. The van der Waals surface area contributed by atoms with E-state index in [4.69, 9.17) is 9.47 Å². The number of aryl methyl sites for hydroxylation is 4. The summed E-state index contributed by atoms with van der Waals surface area (Å²) in [6.07, 6.45) is 0. The molecular weight excluding hydrogens is 608 g/mol. The van der Waals surface area contributed by atoms with Crippen molar-refractivity contribution in [1.29, 1.82) is 0 Å². The summed E-state index contributed by atoms with van der Waals surface area (Å²) in [6.45, 7) is 6.81. The van der Waals surface area contributed by atoms with E-state index < -0.39 is 57.8 Å². The normalized spacial score (nSPS) is 13.1. The molecule has 0 bridgehead atoms. The summed E-state index contributed by atoms with van der Waals surface area (Å²) in [4.78, 5) is 83.3. The number of hydrogen-bond donors (Lipinski definition) is 2. The first-order valence-corrected chi connectivity index (χ1v) is 14.0. The van der Waals surface area contributed by atoms with E-state index in [0.717, 1.165) is 11.1 Å². The average Bonchev–Trinajstić information content (AvgIpc) is 3.03. The summed E-state index contributed by atoms with van der Waals surface area (Å²) in [6, 6.07) is 21.5. The number of aliphatic carboxylic acids is 2. The Hall–Kier alpha value is -5.94. The highest BCUT2D eigenvalue weighted by atomic mass is 16.6. The molecule has 0 fully saturated rings. The zero-order valence-corrected chi connectivity index (χ0v) is 25.9. The zero-order chi connectivity index (χ0) is 33.8. The van der Waals surface area contributed by atoms with Crippen LogP contribution in [-0.4, -0.2) is 62.3 Å². The van der Waals surface area contributed by atoms with Gasteiger partial charge in [-0.2, -0.15) is 0 Å². The monoisotopic (exact) mass is 640 g/mol. The molecular formula is C36H32O11. The van der Waals surface area contributed by atoms with Crippen LogP contribution in [0, 0.1) is 27.7 Å². The van der Waals surface area contributed by atoms with Crippen LogP contribution < -0.4 is 0 Å². The molecule has 2 unspecified atom stereocenters. The molecule has 0 aliphatic heterocycles. The van der Waals surface area contributed by atoms with E-state index in [0.29, 0.717) is 11.1 Å². The van der Waals surface area contributed by atoms with Gasteiger partial charge in [0.1, 0.15) is 0 Å². The number of carbonyl (C=O) groups is 6. The number of hydrogen-bond acceptors (Lipinski definition) is 8. The van der Waals surface area contributed by atoms with Crippen molar-refractivity contribution >= 4 is 35.4 Å². The lowest BCUT2D eigenvalue weighted by molar-refractivity contribution is -0.188. The highest BCUT2D eigenvalue weighted by Crippen LogP contribution is 2.40. The van der Waals surface area contributed by atoms with Crippen LogP contribution in [0.15, 0.2) is 97.1 Å². The smallest absolute Gasteiger partial charge is 0.362 e. The van der Waals surface area contributed by atoms with Crippen LogP contribution in [0.2, 0.25) is 0 Å². The van der Waals surface area contributed by atoms with Crippen LogP contribution in [0.3, 0.4) is 0 Å². The number of rotatable bonds is 11. The number of Topliss-reactive ketones (excluding diaryl/α,β-unsaturated/α-hetero) is 2. The van der Waals surface area contributed by atoms with Gasteiger partial charge in [0.05, 0.1) is 11.1 Å². The predicted molar refractivity (Wildman–Crippen MR) is 169 cm³/mol. The molecule has 0 aliphatic carbocycles. The van der Waals surface area contributed by atoms with E-state index in [1.165, 1.54) is 97.1 Å². The van der Waals surface area contributed by atoms with Gasteiger partial charge in [-0.05, 0) is 52.0 Å². The Morgan fingerprint density at radius 2 is 0.638 bits per heavy atom. The van der Waals surface area contributed by atoms with Crippen LogP contribution in [0.5, 0.6) is 0 Å². The first-order valence-electron chi connectivity index (χ1n) is 14.0. The molecule has 0 saturated heterocycles. The fraction of sp³-hybridized carbons (Fsp3) is 0.167. The second-order valence-electron chi connectivity index (χ2n) is 10.9. The number of carbonyl (C=O) groups excluding carboxylic acids is 4. The topological polar surface area (TPSA) is 193 Å². The Morgan fingerprint density at radius 3 is 0.851 bits per heavy atom. The van der Waals surface area contributed by atoms with Crippen LogP contribution in [0.25, 0.3) is 0 Å². The van der Waals surface area contributed by atoms with E-state index in [2.05, 4.69) is 0 Å². The number of ketones is 2. The predicted octanol–water partition coefficient (Wildman–Crippen LogP) is 4.52. The first kappa shape index (κ1) is 35.5. The van der Waals surface area contributed by atoms with Crippen molar-refractivity contribution in [2.75, 3.05) is 0 Å². The van der Waals surface area contributed by atoms with E-state index in [-0.39, 0.29) is 16.6 Å². The Bertz CT molecular complexity index is 1690. The fourth-order valence-electron chi connectivity index (χ4n) is 4.73. The van der Waals surface area contributed by atoms with Gasteiger partial charge in [0, 0.05) is 11.1 Å². The van der Waals surface area contributed by atoms with Crippen LogP contribution >= 0.6 is 0 Å². The summed E-state index contributed by atoms with van der Waals surface area (Å²) in [5, 5.41) is 21.8. The Kier molecular flexibility index (Phi) is 10.6. The van der Waals surface area contributed by atoms with Gasteiger partial charge >= 0.3 is 35.1 Å². The number of esters is 2. The molecule has 0 radical (unpaired) electrons. The molecule has 0 amide bonds. The minimum absolute atomic E-state index is 0. The number of ether oxygens (including phenoxy) is 2. The van der Waals surface area contributed by atoms with Crippen molar-refractivity contribution in [3.8, 4) is 0 Å². The van der Waals surface area contributed by atoms with Crippen LogP contribution in [-0.2, 0) is 19.1 Å². The molecule has 242 valence electrons. The Morgan fingerprint density at radius 1 is 0.426 bits per heavy atom. The van der Waals surface area contributed by atoms with Gasteiger partial charge in [-0.25, -0.2) is 19.2 Å². The maximum Gasteiger partial charge on any atom is 0.362 e. The third kappa shape index (κ3) is 6.70. The SMILES string of the molecule is Cc1ccc(C(=O)OC(C(=O)O)(C(=O)c2ccc(C)cc2)C(OC(=O)c2ccc(C)cc2)(C(=O)O)C(=O)c2ccc(C)cc2)cc1.O. The molecule has 11 heteroatoms. The molecule has 0 spiro atoms. The summed E-state index contributed by atoms with van der Waals surface area (Å²) in [5.41, 5.74) is -6.59. The second-order valence-corrected chi connectivity index (χ2v) is 10.9. The van der Waals surface area contributed by atoms with E-state index in [9.17, 15) is 39.0 Å². The lowest BCUT2D eigenvalue weighted by Crippen LogP contribution is -2.74. The largest absolute Gasteiger partial charge is 0.478 e. The Labute approximate surface area is 269 Å². The summed E-state index contributed by atoms with van der Waals surface area (Å²) in [5.74, 6) is -10.9. The summed E-state index contributed by atoms with van der Waals surface area (Å²) < 4.78 is 10.9. The molecule has 4 aromatic carbocycles. The average molecular weight is 641 g/mol. The van der Waals surface area contributed by atoms with Gasteiger partial charge in [0.25, 0.3) is 0 Å². The molecule has 0 aliphatic rings. The van der Waals surface area contributed by atoms with Gasteiger partial charge in [0.2, 0.25) is 11.6 Å². The maximum atomic E-state index is 14.5. The molecule has 0 saturated carbocycles. The van der Waals surface area contributed by atoms with Crippen molar-refractivity contribution in [2.45, 2.75) is 38.9 Å². The van der Waals surface area contributed by atoms with Crippen LogP contribution in [0.4, 0.5) is 0 Å². The van der Waals surface area contributed by atoms with Crippen molar-refractivity contribution < 1.29 is 53.9 Å². The number of carboxylic acid groups (broad SMARTS) is 2. The maximum absolute atomic E-state index is 14.5. The van der Waals surface area contributed by atoms with E-state index in [1.54, 1.807) is 27.7 Å². The lowest BCUT2D eigenvalue weighted by atomic mass is 9.72. The molecule has 0 heterocycles. The van der Waals surface area contributed by atoms with Gasteiger partial charge in [0.15, 0.2) is 0 Å². The van der Waals surface area contributed by atoms with Crippen LogP contribution in [0.1, 0.15) is 63.7 Å². The van der Waals surface area contributed by atoms with Crippen molar-refractivity contribution in [3.05, 3.63) is 142 Å². The van der Waals surface area contributed by atoms with Gasteiger partial charge < -0.3 is 25.2 Å². The Balaban J connectivity index is 0.00000600. The molecule has 4 N–H and O–H groups in total. The lowest BCUT2D eigenvalue weighted by Gasteiger charge is -2.40. The minimum atomic E-state index is -3.97. The molecule has 4 rings (SSSR count). The van der Waals surface area contributed by atoms with E-state index in [1.807, 2.05) is 0 Å². The molecule has 0 aromatic heterocycles. The molecule has 2 atom stereocenters. The highest BCUT2D eigenvalue weighted by molar-refractivity contribution is 6.30. The molecule has 4 aromatic rings. The quantitative estimate of drug-likeness (QED) is 0.134. The van der Waals surface area contributed by atoms with Gasteiger partial charge in [-0.1, -0.05) is 95.1 Å². The van der Waals surface area contributed by atoms with Crippen molar-refractivity contribution in [2.24, 2.45) is 0 Å². The third-order valence-corrected chi connectivity index (χ3v) is 7.43. The summed E-state index contributed by atoms with van der Waals surface area (Å²) >= 11 is 0. The number of carboxylic acids is 2. The van der Waals surface area contributed by atoms with Gasteiger partial charge in [-0.15, -0.1) is 0 Å². The molecule has 47 heavy (non-hydrogen) atoms. The second kappa shape index (κ2) is 14.0. The number of benzene rings is 4. The highest BCUT2D eigenvalue weighted by Gasteiger charge is 2.77. The van der Waals surface area contributed by atoms with Gasteiger partial charge in [-0.3, -0.25) is 9.59 Å². The zero-order valence-electron chi connectivity index (χ0n) is 25.9. The van der Waals surface area contributed by atoms with Crippen molar-refractivity contribution in [3.63, 3.8) is 0 Å². The van der Waals surface area contributed by atoms with Crippen molar-refractivity contribution in [1.82, 2.24) is 0 Å². The van der Waals surface area contributed by atoms with E-state index >= 15 is 0 Å². The fourth-order valence-corrected chi connectivity index (χ4v) is 4.73. The minimum Gasteiger partial charge on any atom is -0.478 e. The standard InChI is InChI=1S/C36H30O10.H2O/c1-21-5-13-25(14-6-21)29(37)35(33(41)42,45-31(39)27-17-9-23(3)10-18-27)36(34(43)44,30(38)26-15-7-22(2)8-16-26)46-32(40)28-19-11-24(4)12-20-28;/h5-20H,1-4H3,(H,41,42)(H,43,44);1H2.